The molecule has 0 fully saturated rings. The molecule has 0 aromatic carbocycles. The third-order valence-electron chi connectivity index (χ3n) is 2.27. The molecule has 4 heteroatoms. The number of rotatable bonds is 9. The van der Waals surface area contributed by atoms with Crippen molar-refractivity contribution < 1.29 is 19.1 Å². The first kappa shape index (κ1) is 17.2. The van der Waals surface area contributed by atoms with Crippen LogP contribution in [0, 0.1) is 12.3 Å². The molecule has 0 amide bonds. The molecule has 0 N–H and O–H groups in total. The fourth-order valence-corrected chi connectivity index (χ4v) is 1.23. The molecule has 19 heavy (non-hydrogen) atoms. The van der Waals surface area contributed by atoms with E-state index in [0.717, 1.165) is 12.8 Å². The smallest absolute Gasteiger partial charge is 0.307 e. The Morgan fingerprint density at radius 3 is 2.58 bits per heavy atom. The number of carbonyl (C=O) groups is 2. The molecule has 4 nitrogen and oxygen atoms in total. The summed E-state index contributed by atoms with van der Waals surface area (Å²) >= 11 is 0. The molecule has 0 heterocycles. The normalized spacial score (nSPS) is 11.8. The van der Waals surface area contributed by atoms with Crippen LogP contribution in [-0.2, 0) is 19.1 Å². The van der Waals surface area contributed by atoms with E-state index >= 15 is 0 Å². The van der Waals surface area contributed by atoms with Gasteiger partial charge in [0.1, 0.15) is 6.61 Å². The fourth-order valence-electron chi connectivity index (χ4n) is 1.23. The Bertz CT molecular complexity index is 339. The van der Waals surface area contributed by atoms with Gasteiger partial charge in [-0.1, -0.05) is 31.4 Å². The maximum atomic E-state index is 11.3. The molecule has 1 unspecified atom stereocenters. The van der Waals surface area contributed by atoms with Gasteiger partial charge in [0.15, 0.2) is 6.10 Å². The lowest BCUT2D eigenvalue weighted by molar-refractivity contribution is -0.146. The third kappa shape index (κ3) is 11.1. The molecule has 0 aliphatic carbocycles. The molecule has 0 aliphatic rings. The standard InChI is InChI=1S/C15H22O4/c1-4-6-7-8-12-18-14(16)10-9-11-15(17)19-13(3)5-2/h2,7-8,13H,4,6,9-12H2,1,3H3/b8-7+. The van der Waals surface area contributed by atoms with E-state index in [1.165, 1.54) is 0 Å². The van der Waals surface area contributed by atoms with E-state index in [2.05, 4.69) is 12.8 Å². The number of carbonyl (C=O) groups excluding carboxylic acids is 2. The summed E-state index contributed by atoms with van der Waals surface area (Å²) in [7, 11) is 0. The molecular weight excluding hydrogens is 244 g/mol. The molecule has 0 aromatic rings. The van der Waals surface area contributed by atoms with E-state index in [0.29, 0.717) is 6.42 Å². The highest BCUT2D eigenvalue weighted by molar-refractivity contribution is 5.72. The molecule has 106 valence electrons. The van der Waals surface area contributed by atoms with Gasteiger partial charge in [-0.2, -0.15) is 0 Å². The minimum atomic E-state index is -0.525. The van der Waals surface area contributed by atoms with Gasteiger partial charge in [-0.05, 0) is 19.8 Å². The summed E-state index contributed by atoms with van der Waals surface area (Å²) in [5, 5.41) is 0. The largest absolute Gasteiger partial charge is 0.461 e. The lowest BCUT2D eigenvalue weighted by Gasteiger charge is -2.06. The molecule has 0 spiro atoms. The SMILES string of the molecule is C#CC(C)OC(=O)CCCC(=O)OC/C=C/CCC. The van der Waals surface area contributed by atoms with Crippen LogP contribution in [0.3, 0.4) is 0 Å². The van der Waals surface area contributed by atoms with Crippen LogP contribution in [-0.4, -0.2) is 24.6 Å². The van der Waals surface area contributed by atoms with E-state index < -0.39 is 6.10 Å². The molecule has 0 aromatic heterocycles. The number of esters is 2. The summed E-state index contributed by atoms with van der Waals surface area (Å²) in [4.78, 5) is 22.5. The molecule has 0 bridgehead atoms. The lowest BCUT2D eigenvalue weighted by atomic mass is 10.2. The quantitative estimate of drug-likeness (QED) is 0.366. The maximum absolute atomic E-state index is 11.3. The van der Waals surface area contributed by atoms with Crippen LogP contribution < -0.4 is 0 Å². The van der Waals surface area contributed by atoms with Crippen LogP contribution in [0.1, 0.15) is 46.0 Å². The van der Waals surface area contributed by atoms with E-state index in [-0.39, 0.29) is 31.4 Å². The number of hydrogen-bond donors (Lipinski definition) is 0. The van der Waals surface area contributed by atoms with Crippen LogP contribution >= 0.6 is 0 Å². The van der Waals surface area contributed by atoms with Gasteiger partial charge in [0.2, 0.25) is 0 Å². The van der Waals surface area contributed by atoms with Crippen LogP contribution in [0.15, 0.2) is 12.2 Å². The fraction of sp³-hybridized carbons (Fsp3) is 0.600. The number of allylic oxidation sites excluding steroid dienone is 1. The Balaban J connectivity index is 3.58. The van der Waals surface area contributed by atoms with Crippen molar-refractivity contribution in [2.24, 2.45) is 0 Å². The van der Waals surface area contributed by atoms with Crippen molar-refractivity contribution in [3.63, 3.8) is 0 Å². The van der Waals surface area contributed by atoms with Gasteiger partial charge in [-0.3, -0.25) is 9.59 Å². The predicted molar refractivity (Wildman–Crippen MR) is 73.2 cm³/mol. The third-order valence-corrected chi connectivity index (χ3v) is 2.27. The van der Waals surface area contributed by atoms with Crippen molar-refractivity contribution in [2.45, 2.75) is 52.1 Å². The highest BCUT2D eigenvalue weighted by Crippen LogP contribution is 2.02. The van der Waals surface area contributed by atoms with Gasteiger partial charge in [0.05, 0.1) is 0 Å². The summed E-state index contributed by atoms with van der Waals surface area (Å²) in [6.45, 7) is 3.99. The van der Waals surface area contributed by atoms with Crippen LogP contribution in [0.2, 0.25) is 0 Å². The lowest BCUT2D eigenvalue weighted by Crippen LogP contribution is -2.13. The maximum Gasteiger partial charge on any atom is 0.307 e. The number of terminal acetylenes is 1. The molecule has 0 saturated heterocycles. The van der Waals surface area contributed by atoms with Gasteiger partial charge in [-0.25, -0.2) is 0 Å². The van der Waals surface area contributed by atoms with Gasteiger partial charge < -0.3 is 9.47 Å². The summed E-state index contributed by atoms with van der Waals surface area (Å²) in [5.74, 6) is 1.60. The monoisotopic (exact) mass is 266 g/mol. The van der Waals surface area contributed by atoms with Crippen molar-refractivity contribution in [1.82, 2.24) is 0 Å². The van der Waals surface area contributed by atoms with Crippen molar-refractivity contribution in [3.8, 4) is 12.3 Å². The second-order valence-corrected chi connectivity index (χ2v) is 4.10. The average molecular weight is 266 g/mol. The molecule has 0 rings (SSSR count). The Morgan fingerprint density at radius 2 is 1.95 bits per heavy atom. The molecule has 0 aliphatic heterocycles. The first-order valence-corrected chi connectivity index (χ1v) is 6.56. The second-order valence-electron chi connectivity index (χ2n) is 4.10. The highest BCUT2D eigenvalue weighted by Gasteiger charge is 2.08. The van der Waals surface area contributed by atoms with Gasteiger partial charge in [0.25, 0.3) is 0 Å². The van der Waals surface area contributed by atoms with E-state index in [1.807, 2.05) is 12.2 Å². The van der Waals surface area contributed by atoms with Crippen molar-refractivity contribution in [3.05, 3.63) is 12.2 Å². The summed E-state index contributed by atoms with van der Waals surface area (Å²) in [6, 6.07) is 0. The first-order chi connectivity index (χ1) is 9.10. The van der Waals surface area contributed by atoms with E-state index in [4.69, 9.17) is 15.9 Å². The zero-order valence-corrected chi connectivity index (χ0v) is 11.7. The van der Waals surface area contributed by atoms with Crippen molar-refractivity contribution in [1.29, 1.82) is 0 Å². The Kier molecular flexibility index (Phi) is 10.3. The number of ether oxygens (including phenoxy) is 2. The Hall–Kier alpha value is -1.76. The molecular formula is C15H22O4. The highest BCUT2D eigenvalue weighted by atomic mass is 16.5. The second kappa shape index (κ2) is 11.3. The van der Waals surface area contributed by atoms with Gasteiger partial charge in [-0.15, -0.1) is 6.42 Å². The zero-order valence-electron chi connectivity index (χ0n) is 11.7. The molecule has 0 saturated carbocycles. The summed E-state index contributed by atoms with van der Waals surface area (Å²) < 4.78 is 9.83. The van der Waals surface area contributed by atoms with E-state index in [1.54, 1.807) is 6.92 Å². The number of hydrogen-bond acceptors (Lipinski definition) is 4. The van der Waals surface area contributed by atoms with Crippen LogP contribution in [0.5, 0.6) is 0 Å². The van der Waals surface area contributed by atoms with Gasteiger partial charge >= 0.3 is 11.9 Å². The van der Waals surface area contributed by atoms with Crippen molar-refractivity contribution in [2.75, 3.05) is 6.61 Å². The number of unbranched alkanes of at least 4 members (excludes halogenated alkanes) is 1. The summed E-state index contributed by atoms with van der Waals surface area (Å²) in [5.41, 5.74) is 0. The van der Waals surface area contributed by atoms with E-state index in [9.17, 15) is 9.59 Å². The topological polar surface area (TPSA) is 52.6 Å². The van der Waals surface area contributed by atoms with Crippen LogP contribution in [0.25, 0.3) is 0 Å². The van der Waals surface area contributed by atoms with Crippen molar-refractivity contribution >= 4 is 11.9 Å². The van der Waals surface area contributed by atoms with Gasteiger partial charge in [0, 0.05) is 12.8 Å². The summed E-state index contributed by atoms with van der Waals surface area (Å²) in [6.07, 6.45) is 11.2. The molecule has 1 atom stereocenters. The minimum Gasteiger partial charge on any atom is -0.461 e. The zero-order chi connectivity index (χ0) is 14.5. The van der Waals surface area contributed by atoms with Crippen LogP contribution in [0.4, 0.5) is 0 Å². The molecule has 0 radical (unpaired) electrons. The Labute approximate surface area is 115 Å². The average Bonchev–Trinajstić information content (AvgIpc) is 2.38. The predicted octanol–water partition coefficient (Wildman–Crippen LogP) is 2.62. The first-order valence-electron chi connectivity index (χ1n) is 6.56. The Morgan fingerprint density at radius 1 is 1.26 bits per heavy atom. The minimum absolute atomic E-state index is 0.173.